The van der Waals surface area contributed by atoms with Gasteiger partial charge in [-0.2, -0.15) is 0 Å². The maximum absolute atomic E-state index is 12.2. The zero-order valence-corrected chi connectivity index (χ0v) is 14.1. The van der Waals surface area contributed by atoms with Crippen LogP contribution in [0.3, 0.4) is 0 Å². The zero-order valence-electron chi connectivity index (χ0n) is 12.5. The Bertz CT molecular complexity index is 820. The Hall–Kier alpha value is -2.12. The van der Waals surface area contributed by atoms with Crippen LogP contribution in [0.2, 0.25) is 0 Å². The number of carbonyl (C=O) groups is 1. The summed E-state index contributed by atoms with van der Waals surface area (Å²) in [6.07, 6.45) is 1.53. The molecule has 1 amide bonds. The number of hydrogen-bond acceptors (Lipinski definition) is 6. The van der Waals surface area contributed by atoms with E-state index in [4.69, 9.17) is 4.74 Å². The van der Waals surface area contributed by atoms with Crippen molar-refractivity contribution in [1.82, 2.24) is 9.97 Å². The predicted molar refractivity (Wildman–Crippen MR) is 94.4 cm³/mol. The second-order valence-electron chi connectivity index (χ2n) is 4.58. The molecule has 118 valence electrons. The predicted octanol–water partition coefficient (Wildman–Crippen LogP) is 3.82. The summed E-state index contributed by atoms with van der Waals surface area (Å²) in [6, 6.07) is 9.39. The van der Waals surface area contributed by atoms with E-state index in [1.54, 1.807) is 11.3 Å². The molecule has 5 nitrogen and oxygen atoms in total. The largest absolute Gasteiger partial charge is 0.492 e. The summed E-state index contributed by atoms with van der Waals surface area (Å²) in [6.45, 7) is 2.47. The fraction of sp³-hybridized carbons (Fsp3) is 0.188. The molecule has 0 aliphatic rings. The molecule has 7 heteroatoms. The first-order valence-corrected chi connectivity index (χ1v) is 8.97. The highest BCUT2D eigenvalue weighted by molar-refractivity contribution is 8.00. The molecule has 0 atom stereocenters. The summed E-state index contributed by atoms with van der Waals surface area (Å²) < 4.78 is 5.51. The first-order valence-electron chi connectivity index (χ1n) is 7.10. The van der Waals surface area contributed by atoms with Crippen molar-refractivity contribution in [2.45, 2.75) is 11.9 Å². The number of nitrogens with one attached hydrogen (secondary N) is 1. The number of fused-ring (bicyclic) bond motifs is 1. The van der Waals surface area contributed by atoms with Gasteiger partial charge in [-0.15, -0.1) is 11.3 Å². The second kappa shape index (κ2) is 7.43. The highest BCUT2D eigenvalue weighted by Crippen LogP contribution is 2.28. The number of amides is 1. The monoisotopic (exact) mass is 345 g/mol. The number of ether oxygens (including phenoxy) is 1. The van der Waals surface area contributed by atoms with E-state index in [9.17, 15) is 4.79 Å². The lowest BCUT2D eigenvalue weighted by Crippen LogP contribution is -2.15. The van der Waals surface area contributed by atoms with Crippen LogP contribution >= 0.6 is 23.1 Å². The molecule has 3 aromatic rings. The Morgan fingerprint density at radius 3 is 3.04 bits per heavy atom. The standard InChI is InChI=1S/C16H15N3O2S2/c1-2-21-13-6-4-3-5-12(13)19-14(20)9-23-16-11-7-8-22-15(11)17-10-18-16/h3-8,10H,2,9H2,1H3,(H,19,20). The van der Waals surface area contributed by atoms with Gasteiger partial charge in [0.2, 0.25) is 5.91 Å². The summed E-state index contributed by atoms with van der Waals surface area (Å²) in [5.41, 5.74) is 0.684. The molecule has 0 aliphatic heterocycles. The van der Waals surface area contributed by atoms with Crippen molar-refractivity contribution in [1.29, 1.82) is 0 Å². The minimum absolute atomic E-state index is 0.0934. The third-order valence-corrected chi connectivity index (χ3v) is 4.85. The Morgan fingerprint density at radius 1 is 1.30 bits per heavy atom. The van der Waals surface area contributed by atoms with Crippen LogP contribution in [0.1, 0.15) is 6.92 Å². The van der Waals surface area contributed by atoms with Crippen molar-refractivity contribution in [3.05, 3.63) is 42.0 Å². The third-order valence-electron chi connectivity index (χ3n) is 3.03. The molecule has 3 rings (SSSR count). The van der Waals surface area contributed by atoms with Gasteiger partial charge in [0, 0.05) is 5.39 Å². The van der Waals surface area contributed by atoms with E-state index >= 15 is 0 Å². The highest BCUT2D eigenvalue weighted by Gasteiger charge is 2.10. The Balaban J connectivity index is 1.65. The van der Waals surface area contributed by atoms with Gasteiger partial charge in [-0.25, -0.2) is 9.97 Å². The first-order chi connectivity index (χ1) is 11.3. The number of anilines is 1. The Morgan fingerprint density at radius 2 is 2.17 bits per heavy atom. The van der Waals surface area contributed by atoms with Gasteiger partial charge in [-0.1, -0.05) is 23.9 Å². The van der Waals surface area contributed by atoms with Crippen LogP contribution in [0.4, 0.5) is 5.69 Å². The van der Waals surface area contributed by atoms with Gasteiger partial charge in [0.05, 0.1) is 18.0 Å². The lowest BCUT2D eigenvalue weighted by molar-refractivity contribution is -0.113. The SMILES string of the molecule is CCOc1ccccc1NC(=O)CSc1ncnc2sccc12. The van der Waals surface area contributed by atoms with E-state index in [0.717, 1.165) is 15.2 Å². The molecule has 0 aliphatic carbocycles. The van der Waals surface area contributed by atoms with Gasteiger partial charge in [-0.05, 0) is 30.5 Å². The van der Waals surface area contributed by atoms with E-state index in [-0.39, 0.29) is 11.7 Å². The number of thiophene rings is 1. The molecule has 0 saturated heterocycles. The van der Waals surface area contributed by atoms with E-state index in [1.807, 2.05) is 42.6 Å². The van der Waals surface area contributed by atoms with Crippen LogP contribution in [-0.2, 0) is 4.79 Å². The molecule has 0 fully saturated rings. The maximum Gasteiger partial charge on any atom is 0.234 e. The molecule has 0 unspecified atom stereocenters. The van der Waals surface area contributed by atoms with Crippen molar-refractivity contribution in [3.8, 4) is 5.75 Å². The van der Waals surface area contributed by atoms with Crippen molar-refractivity contribution in [2.24, 2.45) is 0 Å². The molecule has 2 heterocycles. The van der Waals surface area contributed by atoms with Crippen LogP contribution in [0.25, 0.3) is 10.2 Å². The summed E-state index contributed by atoms with van der Waals surface area (Å²) in [5.74, 6) is 0.863. The summed E-state index contributed by atoms with van der Waals surface area (Å²) >= 11 is 2.97. The van der Waals surface area contributed by atoms with Crippen LogP contribution in [0, 0.1) is 0 Å². The van der Waals surface area contributed by atoms with Gasteiger partial charge in [0.1, 0.15) is 21.9 Å². The zero-order chi connectivity index (χ0) is 16.1. The average molecular weight is 345 g/mol. The van der Waals surface area contributed by atoms with Gasteiger partial charge in [0.25, 0.3) is 0 Å². The minimum Gasteiger partial charge on any atom is -0.492 e. The normalized spacial score (nSPS) is 10.7. The molecule has 0 saturated carbocycles. The van der Waals surface area contributed by atoms with Crippen molar-refractivity contribution >= 4 is 44.9 Å². The van der Waals surface area contributed by atoms with Gasteiger partial charge in [-0.3, -0.25) is 4.79 Å². The van der Waals surface area contributed by atoms with Crippen molar-refractivity contribution in [2.75, 3.05) is 17.7 Å². The number of aromatic nitrogens is 2. The molecule has 23 heavy (non-hydrogen) atoms. The Labute approximate surface area is 142 Å². The van der Waals surface area contributed by atoms with Crippen molar-refractivity contribution < 1.29 is 9.53 Å². The average Bonchev–Trinajstić information content (AvgIpc) is 3.04. The summed E-state index contributed by atoms with van der Waals surface area (Å²) in [4.78, 5) is 21.6. The number of carbonyl (C=O) groups excluding carboxylic acids is 1. The summed E-state index contributed by atoms with van der Waals surface area (Å²) in [7, 11) is 0. The molecular formula is C16H15N3O2S2. The third kappa shape index (κ3) is 3.80. The van der Waals surface area contributed by atoms with E-state index in [0.29, 0.717) is 18.0 Å². The molecule has 0 bridgehead atoms. The smallest absolute Gasteiger partial charge is 0.234 e. The minimum atomic E-state index is -0.0934. The van der Waals surface area contributed by atoms with E-state index < -0.39 is 0 Å². The van der Waals surface area contributed by atoms with Gasteiger partial charge < -0.3 is 10.1 Å². The lowest BCUT2D eigenvalue weighted by Gasteiger charge is -2.11. The van der Waals surface area contributed by atoms with Crippen LogP contribution in [0.15, 0.2) is 47.1 Å². The fourth-order valence-corrected chi connectivity index (χ4v) is 3.63. The fourth-order valence-electron chi connectivity index (χ4n) is 2.05. The number of para-hydroxylation sites is 2. The van der Waals surface area contributed by atoms with Gasteiger partial charge >= 0.3 is 0 Å². The van der Waals surface area contributed by atoms with Gasteiger partial charge in [0.15, 0.2) is 0 Å². The molecule has 0 spiro atoms. The van der Waals surface area contributed by atoms with Crippen molar-refractivity contribution in [3.63, 3.8) is 0 Å². The first kappa shape index (κ1) is 15.8. The van der Waals surface area contributed by atoms with E-state index in [1.165, 1.54) is 18.1 Å². The van der Waals surface area contributed by atoms with E-state index in [2.05, 4.69) is 15.3 Å². The number of rotatable bonds is 6. The van der Waals surface area contributed by atoms with Crippen LogP contribution in [-0.4, -0.2) is 28.2 Å². The molecule has 1 aromatic carbocycles. The topological polar surface area (TPSA) is 64.1 Å². The van der Waals surface area contributed by atoms with Crippen LogP contribution < -0.4 is 10.1 Å². The molecule has 0 radical (unpaired) electrons. The molecule has 1 N–H and O–H groups in total. The van der Waals surface area contributed by atoms with Crippen LogP contribution in [0.5, 0.6) is 5.75 Å². The number of thioether (sulfide) groups is 1. The highest BCUT2D eigenvalue weighted by atomic mass is 32.2. The molecular weight excluding hydrogens is 330 g/mol. The number of nitrogens with zero attached hydrogens (tertiary/aromatic N) is 2. The lowest BCUT2D eigenvalue weighted by atomic mass is 10.3. The second-order valence-corrected chi connectivity index (χ2v) is 6.44. The maximum atomic E-state index is 12.2. The Kier molecular flexibility index (Phi) is 5.09. The quantitative estimate of drug-likeness (QED) is 0.543. The summed E-state index contributed by atoms with van der Waals surface area (Å²) in [5, 5.41) is 6.67. The molecule has 2 aromatic heterocycles. The number of hydrogen-bond donors (Lipinski definition) is 1. The number of benzene rings is 1.